The van der Waals surface area contributed by atoms with Crippen LogP contribution in [0.2, 0.25) is 0 Å². The van der Waals surface area contributed by atoms with E-state index in [0.717, 1.165) is 6.42 Å². The first kappa shape index (κ1) is 10.2. The van der Waals surface area contributed by atoms with Gasteiger partial charge in [0.05, 0.1) is 0 Å². The summed E-state index contributed by atoms with van der Waals surface area (Å²) in [7, 11) is 1.65. The van der Waals surface area contributed by atoms with Gasteiger partial charge in [-0.2, -0.15) is 0 Å². The van der Waals surface area contributed by atoms with Crippen molar-refractivity contribution in [2.24, 2.45) is 0 Å². The molecule has 0 heterocycles. The number of ether oxygens (including phenoxy) is 1. The maximum absolute atomic E-state index is 10.8. The molecular formula is C8H15NO2. The summed E-state index contributed by atoms with van der Waals surface area (Å²) in [5.41, 5.74) is 0. The van der Waals surface area contributed by atoms with Crippen LogP contribution in [0.15, 0.2) is 12.2 Å². The van der Waals surface area contributed by atoms with Crippen LogP contribution < -0.4 is 5.32 Å². The second-order valence-electron chi connectivity index (χ2n) is 2.14. The highest BCUT2D eigenvalue weighted by Gasteiger charge is 1.91. The number of methoxy groups -OCH3 is 1. The van der Waals surface area contributed by atoms with Gasteiger partial charge in [0.1, 0.15) is 0 Å². The molecule has 0 atom stereocenters. The SMILES string of the molecule is CC=CC(=O)NCCCOC. The van der Waals surface area contributed by atoms with Crippen molar-refractivity contribution in [2.45, 2.75) is 13.3 Å². The average Bonchev–Trinajstić information content (AvgIpc) is 1.99. The summed E-state index contributed by atoms with van der Waals surface area (Å²) in [6.45, 7) is 3.18. The zero-order valence-corrected chi connectivity index (χ0v) is 7.09. The minimum Gasteiger partial charge on any atom is -0.385 e. The molecule has 0 fully saturated rings. The lowest BCUT2D eigenvalue weighted by atomic mass is 10.4. The first-order chi connectivity index (χ1) is 5.31. The van der Waals surface area contributed by atoms with Crippen molar-refractivity contribution >= 4 is 5.91 Å². The lowest BCUT2D eigenvalue weighted by molar-refractivity contribution is -0.116. The molecule has 1 N–H and O–H groups in total. The average molecular weight is 157 g/mol. The molecule has 0 aliphatic carbocycles. The molecule has 0 rings (SSSR count). The van der Waals surface area contributed by atoms with E-state index in [9.17, 15) is 4.79 Å². The molecular weight excluding hydrogens is 142 g/mol. The van der Waals surface area contributed by atoms with E-state index in [0.29, 0.717) is 13.2 Å². The number of allylic oxidation sites excluding steroid dienone is 1. The van der Waals surface area contributed by atoms with Gasteiger partial charge in [-0.3, -0.25) is 4.79 Å². The molecule has 1 amide bonds. The fourth-order valence-electron chi connectivity index (χ4n) is 0.638. The standard InChI is InChI=1S/C8H15NO2/c1-3-5-8(10)9-6-4-7-11-2/h3,5H,4,6-7H2,1-2H3,(H,9,10). The molecule has 0 aromatic heterocycles. The number of carbonyl (C=O) groups is 1. The van der Waals surface area contributed by atoms with Crippen LogP contribution in [0.4, 0.5) is 0 Å². The summed E-state index contributed by atoms with van der Waals surface area (Å²) >= 11 is 0. The van der Waals surface area contributed by atoms with Crippen LogP contribution in [0.1, 0.15) is 13.3 Å². The number of amides is 1. The Morgan fingerprint density at radius 3 is 2.91 bits per heavy atom. The van der Waals surface area contributed by atoms with E-state index >= 15 is 0 Å². The Morgan fingerprint density at radius 2 is 2.36 bits per heavy atom. The molecule has 0 saturated heterocycles. The molecule has 0 unspecified atom stereocenters. The normalized spacial score (nSPS) is 10.4. The van der Waals surface area contributed by atoms with Gasteiger partial charge in [0, 0.05) is 20.3 Å². The van der Waals surface area contributed by atoms with Gasteiger partial charge in [-0.05, 0) is 19.4 Å². The highest BCUT2D eigenvalue weighted by Crippen LogP contribution is 1.78. The number of carbonyl (C=O) groups excluding carboxylic acids is 1. The Morgan fingerprint density at radius 1 is 1.64 bits per heavy atom. The van der Waals surface area contributed by atoms with E-state index in [1.807, 2.05) is 6.92 Å². The molecule has 64 valence electrons. The van der Waals surface area contributed by atoms with Crippen LogP contribution in [-0.2, 0) is 9.53 Å². The van der Waals surface area contributed by atoms with E-state index in [1.165, 1.54) is 6.08 Å². The van der Waals surface area contributed by atoms with Crippen LogP contribution in [0.5, 0.6) is 0 Å². The quantitative estimate of drug-likeness (QED) is 0.471. The van der Waals surface area contributed by atoms with Gasteiger partial charge in [-0.1, -0.05) is 6.08 Å². The zero-order chi connectivity index (χ0) is 8.53. The first-order valence-electron chi connectivity index (χ1n) is 3.70. The van der Waals surface area contributed by atoms with Crippen molar-refractivity contribution in [1.29, 1.82) is 0 Å². The van der Waals surface area contributed by atoms with Crippen LogP contribution in [0.25, 0.3) is 0 Å². The van der Waals surface area contributed by atoms with Crippen LogP contribution in [-0.4, -0.2) is 26.2 Å². The Labute approximate surface area is 67.4 Å². The van der Waals surface area contributed by atoms with Crippen molar-refractivity contribution in [1.82, 2.24) is 5.32 Å². The molecule has 0 aliphatic heterocycles. The van der Waals surface area contributed by atoms with E-state index < -0.39 is 0 Å². The fraction of sp³-hybridized carbons (Fsp3) is 0.625. The molecule has 11 heavy (non-hydrogen) atoms. The van der Waals surface area contributed by atoms with Crippen molar-refractivity contribution in [3.63, 3.8) is 0 Å². The lowest BCUT2D eigenvalue weighted by Gasteiger charge is -1.99. The number of nitrogens with one attached hydrogen (secondary N) is 1. The van der Waals surface area contributed by atoms with E-state index in [1.54, 1.807) is 13.2 Å². The Balaban J connectivity index is 3.17. The summed E-state index contributed by atoms with van der Waals surface area (Å²) < 4.78 is 4.81. The first-order valence-corrected chi connectivity index (χ1v) is 3.70. The highest BCUT2D eigenvalue weighted by atomic mass is 16.5. The second kappa shape index (κ2) is 7.28. The van der Waals surface area contributed by atoms with Gasteiger partial charge < -0.3 is 10.1 Å². The molecule has 0 radical (unpaired) electrons. The Kier molecular flexibility index (Phi) is 6.73. The van der Waals surface area contributed by atoms with Crippen LogP contribution in [0, 0.1) is 0 Å². The molecule has 0 aromatic rings. The molecule has 0 bridgehead atoms. The number of hydrogen-bond donors (Lipinski definition) is 1. The predicted octanol–water partition coefficient (Wildman–Crippen LogP) is 0.715. The molecule has 0 aromatic carbocycles. The molecule has 3 nitrogen and oxygen atoms in total. The zero-order valence-electron chi connectivity index (χ0n) is 7.09. The van der Waals surface area contributed by atoms with Gasteiger partial charge in [0.25, 0.3) is 0 Å². The third kappa shape index (κ3) is 7.06. The van der Waals surface area contributed by atoms with E-state index in [-0.39, 0.29) is 5.91 Å². The number of hydrogen-bond acceptors (Lipinski definition) is 2. The van der Waals surface area contributed by atoms with Crippen molar-refractivity contribution < 1.29 is 9.53 Å². The van der Waals surface area contributed by atoms with E-state index in [4.69, 9.17) is 4.74 Å². The van der Waals surface area contributed by atoms with Gasteiger partial charge in [-0.25, -0.2) is 0 Å². The fourth-order valence-corrected chi connectivity index (χ4v) is 0.638. The monoisotopic (exact) mass is 157 g/mol. The summed E-state index contributed by atoms with van der Waals surface area (Å²) in [5, 5.41) is 2.71. The summed E-state index contributed by atoms with van der Waals surface area (Å²) in [5.74, 6) is -0.0383. The molecule has 0 saturated carbocycles. The van der Waals surface area contributed by atoms with Crippen molar-refractivity contribution in [3.8, 4) is 0 Å². The lowest BCUT2D eigenvalue weighted by Crippen LogP contribution is -2.22. The Bertz CT molecular complexity index is 132. The van der Waals surface area contributed by atoms with Crippen molar-refractivity contribution in [3.05, 3.63) is 12.2 Å². The highest BCUT2D eigenvalue weighted by molar-refractivity contribution is 5.87. The smallest absolute Gasteiger partial charge is 0.243 e. The Hall–Kier alpha value is -0.830. The van der Waals surface area contributed by atoms with E-state index in [2.05, 4.69) is 5.32 Å². The maximum atomic E-state index is 10.8. The molecule has 3 heteroatoms. The van der Waals surface area contributed by atoms with Gasteiger partial charge in [-0.15, -0.1) is 0 Å². The van der Waals surface area contributed by atoms with Crippen LogP contribution in [0.3, 0.4) is 0 Å². The van der Waals surface area contributed by atoms with Gasteiger partial charge >= 0.3 is 0 Å². The van der Waals surface area contributed by atoms with Crippen LogP contribution >= 0.6 is 0 Å². The third-order valence-corrected chi connectivity index (χ3v) is 1.14. The molecule has 0 spiro atoms. The predicted molar refractivity (Wildman–Crippen MR) is 44.3 cm³/mol. The largest absolute Gasteiger partial charge is 0.385 e. The summed E-state index contributed by atoms with van der Waals surface area (Å²) in [4.78, 5) is 10.8. The topological polar surface area (TPSA) is 38.3 Å². The third-order valence-electron chi connectivity index (χ3n) is 1.14. The minimum absolute atomic E-state index is 0.0383. The number of rotatable bonds is 5. The maximum Gasteiger partial charge on any atom is 0.243 e. The van der Waals surface area contributed by atoms with Crippen molar-refractivity contribution in [2.75, 3.05) is 20.3 Å². The van der Waals surface area contributed by atoms with Gasteiger partial charge in [0.2, 0.25) is 5.91 Å². The van der Waals surface area contributed by atoms with Gasteiger partial charge in [0.15, 0.2) is 0 Å². The minimum atomic E-state index is -0.0383. The molecule has 0 aliphatic rings. The second-order valence-corrected chi connectivity index (χ2v) is 2.14. The summed E-state index contributed by atoms with van der Waals surface area (Å²) in [6.07, 6.45) is 4.08. The summed E-state index contributed by atoms with van der Waals surface area (Å²) in [6, 6.07) is 0.